The second-order valence-corrected chi connectivity index (χ2v) is 13.6. The Kier molecular flexibility index (Phi) is 12.0. The van der Waals surface area contributed by atoms with E-state index in [1.807, 2.05) is 81.4 Å². The van der Waals surface area contributed by atoms with Crippen molar-refractivity contribution in [3.8, 4) is 11.5 Å². The molecule has 0 saturated heterocycles. The summed E-state index contributed by atoms with van der Waals surface area (Å²) in [5.41, 5.74) is 2.77. The van der Waals surface area contributed by atoms with Crippen LogP contribution in [-0.2, 0) is 32.6 Å². The molecule has 0 unspecified atom stereocenters. The van der Waals surface area contributed by atoms with Gasteiger partial charge >= 0.3 is 0 Å². The summed E-state index contributed by atoms with van der Waals surface area (Å²) in [6.45, 7) is 5.81. The number of ether oxygens (including phenoxy) is 2. The van der Waals surface area contributed by atoms with Crippen molar-refractivity contribution in [2.24, 2.45) is 5.92 Å². The van der Waals surface area contributed by atoms with Gasteiger partial charge in [0.05, 0.1) is 24.8 Å². The van der Waals surface area contributed by atoms with E-state index in [0.717, 1.165) is 21.0 Å². The second-order valence-electron chi connectivity index (χ2n) is 11.7. The molecule has 0 aliphatic heterocycles. The van der Waals surface area contributed by atoms with Crippen LogP contribution in [0.4, 0.5) is 5.69 Å². The highest BCUT2D eigenvalue weighted by atomic mass is 32.2. The van der Waals surface area contributed by atoms with Gasteiger partial charge in [-0.3, -0.25) is 13.9 Å². The molecule has 0 fully saturated rings. The van der Waals surface area contributed by atoms with Gasteiger partial charge in [0, 0.05) is 25.6 Å². The third kappa shape index (κ3) is 9.13. The third-order valence-corrected chi connectivity index (χ3v) is 9.48. The van der Waals surface area contributed by atoms with Gasteiger partial charge in [0.15, 0.2) is 11.5 Å². The quantitative estimate of drug-likeness (QED) is 0.178. The van der Waals surface area contributed by atoms with Crippen LogP contribution in [0.2, 0.25) is 0 Å². The number of carbonyl (C=O) groups excluding carboxylic acids is 2. The number of nitrogens with one attached hydrogen (secondary N) is 1. The van der Waals surface area contributed by atoms with E-state index in [9.17, 15) is 18.0 Å². The predicted molar refractivity (Wildman–Crippen MR) is 184 cm³/mol. The molecule has 4 rings (SSSR count). The first-order valence-electron chi connectivity index (χ1n) is 15.5. The van der Waals surface area contributed by atoms with E-state index in [2.05, 4.69) is 5.32 Å². The van der Waals surface area contributed by atoms with E-state index < -0.39 is 28.5 Å². The number of hydrogen-bond donors (Lipinski definition) is 1. The zero-order valence-corrected chi connectivity index (χ0v) is 28.4. The summed E-state index contributed by atoms with van der Waals surface area (Å²) in [5.74, 6) is 0.0454. The number of benzene rings is 4. The van der Waals surface area contributed by atoms with Crippen LogP contribution < -0.4 is 19.1 Å². The van der Waals surface area contributed by atoms with Crippen molar-refractivity contribution in [1.29, 1.82) is 0 Å². The van der Waals surface area contributed by atoms with E-state index in [-0.39, 0.29) is 35.4 Å². The van der Waals surface area contributed by atoms with Crippen molar-refractivity contribution in [2.75, 3.05) is 31.6 Å². The van der Waals surface area contributed by atoms with Crippen molar-refractivity contribution in [2.45, 2.75) is 44.7 Å². The molecule has 1 atom stereocenters. The number of amides is 2. The minimum Gasteiger partial charge on any atom is -0.493 e. The SMILES string of the molecule is COc1ccc(N(CC(=O)N(Cc2ccccc2)[C@H](Cc2ccccc2)C(=O)NCC(C)C)S(=O)(=O)c2ccc(C)cc2)cc1OC. The zero-order valence-electron chi connectivity index (χ0n) is 27.6. The molecule has 2 amide bonds. The summed E-state index contributed by atoms with van der Waals surface area (Å²) in [5, 5.41) is 3.00. The van der Waals surface area contributed by atoms with Crippen LogP contribution in [0.25, 0.3) is 0 Å². The Morgan fingerprint density at radius 1 is 0.787 bits per heavy atom. The van der Waals surface area contributed by atoms with Crippen LogP contribution in [-0.4, -0.2) is 58.5 Å². The molecule has 9 nitrogen and oxygen atoms in total. The minimum absolute atomic E-state index is 0.0239. The molecule has 10 heteroatoms. The fourth-order valence-corrected chi connectivity index (χ4v) is 6.51. The maximum absolute atomic E-state index is 14.6. The van der Waals surface area contributed by atoms with Crippen LogP contribution in [0.1, 0.15) is 30.5 Å². The zero-order chi connectivity index (χ0) is 34.0. The van der Waals surface area contributed by atoms with Gasteiger partial charge < -0.3 is 19.7 Å². The van der Waals surface area contributed by atoms with E-state index in [4.69, 9.17) is 9.47 Å². The smallest absolute Gasteiger partial charge is 0.264 e. The lowest BCUT2D eigenvalue weighted by Gasteiger charge is -2.34. The molecule has 47 heavy (non-hydrogen) atoms. The first kappa shape index (κ1) is 35.0. The van der Waals surface area contributed by atoms with Gasteiger partial charge in [-0.05, 0) is 48.2 Å². The van der Waals surface area contributed by atoms with Crippen molar-refractivity contribution in [3.63, 3.8) is 0 Å². The molecule has 0 heterocycles. The Balaban J connectivity index is 1.82. The Hall–Kier alpha value is -4.83. The number of nitrogens with zero attached hydrogens (tertiary/aromatic N) is 2. The van der Waals surface area contributed by atoms with Gasteiger partial charge in [0.2, 0.25) is 11.8 Å². The van der Waals surface area contributed by atoms with Gasteiger partial charge in [-0.2, -0.15) is 0 Å². The fourth-order valence-electron chi connectivity index (χ4n) is 5.10. The molecule has 0 radical (unpaired) electrons. The number of anilines is 1. The molecular weight excluding hydrogens is 614 g/mol. The number of aryl methyl sites for hydroxylation is 1. The lowest BCUT2D eigenvalue weighted by Crippen LogP contribution is -2.53. The summed E-state index contributed by atoms with van der Waals surface area (Å²) < 4.78 is 40.5. The maximum atomic E-state index is 14.6. The summed E-state index contributed by atoms with van der Waals surface area (Å²) in [6, 6.07) is 29.0. The molecule has 0 spiro atoms. The van der Waals surface area contributed by atoms with Crippen LogP contribution >= 0.6 is 0 Å². The Bertz CT molecular complexity index is 1730. The molecule has 0 aliphatic carbocycles. The molecule has 0 saturated carbocycles. The molecule has 0 aliphatic rings. The average Bonchev–Trinajstić information content (AvgIpc) is 3.08. The lowest BCUT2D eigenvalue weighted by atomic mass is 10.0. The molecule has 0 aromatic heterocycles. The van der Waals surface area contributed by atoms with Crippen LogP contribution in [0, 0.1) is 12.8 Å². The van der Waals surface area contributed by atoms with Gasteiger partial charge in [-0.25, -0.2) is 8.42 Å². The molecular formula is C37H43N3O6S. The number of carbonyl (C=O) groups is 2. The van der Waals surface area contributed by atoms with Crippen molar-refractivity contribution < 1.29 is 27.5 Å². The molecule has 4 aromatic carbocycles. The maximum Gasteiger partial charge on any atom is 0.264 e. The fraction of sp³-hybridized carbons (Fsp3) is 0.297. The van der Waals surface area contributed by atoms with Gasteiger partial charge in [-0.15, -0.1) is 0 Å². The molecule has 1 N–H and O–H groups in total. The standard InChI is InChI=1S/C37H43N3O6S/c1-27(2)24-38-37(42)33(22-29-12-8-6-9-13-29)39(25-30-14-10-7-11-15-30)36(41)26-40(31-18-21-34(45-4)35(23-31)46-5)47(43,44)32-19-16-28(3)17-20-32/h6-21,23,27,33H,22,24-26H2,1-5H3,(H,38,42)/t33-/m1/s1. The Labute approximate surface area is 278 Å². The normalized spacial score (nSPS) is 11.9. The average molecular weight is 658 g/mol. The van der Waals surface area contributed by atoms with E-state index in [1.54, 1.807) is 24.3 Å². The second kappa shape index (κ2) is 16.1. The van der Waals surface area contributed by atoms with Gasteiger partial charge in [-0.1, -0.05) is 92.2 Å². The van der Waals surface area contributed by atoms with Crippen LogP contribution in [0.5, 0.6) is 11.5 Å². The molecule has 248 valence electrons. The van der Waals surface area contributed by atoms with Crippen molar-refractivity contribution >= 4 is 27.5 Å². The number of sulfonamides is 1. The van der Waals surface area contributed by atoms with Crippen molar-refractivity contribution in [1.82, 2.24) is 10.2 Å². The summed E-state index contributed by atoms with van der Waals surface area (Å²) >= 11 is 0. The lowest BCUT2D eigenvalue weighted by molar-refractivity contribution is -0.140. The van der Waals surface area contributed by atoms with Crippen LogP contribution in [0.3, 0.4) is 0 Å². The topological polar surface area (TPSA) is 105 Å². The minimum atomic E-state index is -4.25. The number of hydrogen-bond acceptors (Lipinski definition) is 6. The van der Waals surface area contributed by atoms with E-state index in [1.165, 1.54) is 37.3 Å². The highest BCUT2D eigenvalue weighted by Gasteiger charge is 2.35. The predicted octanol–water partition coefficient (Wildman–Crippen LogP) is 5.62. The van der Waals surface area contributed by atoms with E-state index >= 15 is 0 Å². The highest BCUT2D eigenvalue weighted by molar-refractivity contribution is 7.92. The Morgan fingerprint density at radius 3 is 1.96 bits per heavy atom. The van der Waals surface area contributed by atoms with Gasteiger partial charge in [0.1, 0.15) is 12.6 Å². The summed E-state index contributed by atoms with van der Waals surface area (Å²) in [7, 11) is -1.31. The number of methoxy groups -OCH3 is 2. The van der Waals surface area contributed by atoms with E-state index in [0.29, 0.717) is 18.0 Å². The molecule has 4 aromatic rings. The monoisotopic (exact) mass is 657 g/mol. The third-order valence-electron chi connectivity index (χ3n) is 7.69. The first-order chi connectivity index (χ1) is 22.5. The highest BCUT2D eigenvalue weighted by Crippen LogP contribution is 2.34. The largest absolute Gasteiger partial charge is 0.493 e. The van der Waals surface area contributed by atoms with Crippen LogP contribution in [0.15, 0.2) is 108 Å². The summed E-state index contributed by atoms with van der Waals surface area (Å²) in [4.78, 5) is 30.0. The number of rotatable bonds is 15. The first-order valence-corrected chi connectivity index (χ1v) is 16.9. The Morgan fingerprint density at radius 2 is 1.38 bits per heavy atom. The molecule has 0 bridgehead atoms. The summed E-state index contributed by atoms with van der Waals surface area (Å²) in [6.07, 6.45) is 0.240. The van der Waals surface area contributed by atoms with Crippen molar-refractivity contribution in [3.05, 3.63) is 120 Å². The van der Waals surface area contributed by atoms with Gasteiger partial charge in [0.25, 0.3) is 10.0 Å².